The van der Waals surface area contributed by atoms with Gasteiger partial charge in [-0.25, -0.2) is 0 Å². The standard InChI is InChI=1S/C37H52O3/c1-23(2)24-15-20-37(32(38)39)22-21-35(6)27(31(24)37)13-14-30-34(5)18-16-26(25-11-9-10-12-28(25)40-8)33(3,4)29(34)17-19-36(30,35)7/h9-12,16,24,27,29-31H,1,13-15,17-22H2,2-8H3,(H,38,39)/t24-,27+,29-,30+,31+,34-,35+,36+,37-/m0/s1. The van der Waals surface area contributed by atoms with Crippen molar-refractivity contribution in [2.45, 2.75) is 99.3 Å². The van der Waals surface area contributed by atoms with Crippen molar-refractivity contribution in [3.63, 3.8) is 0 Å². The molecule has 6 rings (SSSR count). The van der Waals surface area contributed by atoms with Crippen molar-refractivity contribution < 1.29 is 14.6 Å². The van der Waals surface area contributed by atoms with Crippen LogP contribution in [0.5, 0.6) is 5.75 Å². The lowest BCUT2D eigenvalue weighted by Gasteiger charge is -2.72. The topological polar surface area (TPSA) is 46.5 Å². The number of rotatable bonds is 4. The van der Waals surface area contributed by atoms with Gasteiger partial charge < -0.3 is 9.84 Å². The highest BCUT2D eigenvalue weighted by molar-refractivity contribution is 5.77. The molecule has 1 aromatic rings. The van der Waals surface area contributed by atoms with Crippen LogP contribution >= 0.6 is 0 Å². The third kappa shape index (κ3) is 3.39. The number of allylic oxidation sites excluding steroid dienone is 3. The van der Waals surface area contributed by atoms with E-state index in [1.165, 1.54) is 42.4 Å². The van der Waals surface area contributed by atoms with Crippen LogP contribution in [-0.4, -0.2) is 18.2 Å². The molecule has 0 bridgehead atoms. The minimum absolute atomic E-state index is 0.0578. The Kier molecular flexibility index (Phi) is 6.31. The number of fused-ring (bicyclic) bond motifs is 7. The second-order valence-electron chi connectivity index (χ2n) is 15.9. The van der Waals surface area contributed by atoms with Crippen molar-refractivity contribution in [2.24, 2.45) is 56.7 Å². The molecule has 0 saturated heterocycles. The molecule has 9 atom stereocenters. The number of carboxylic acid groups (broad SMARTS) is 1. The number of aliphatic carboxylic acids is 1. The number of ether oxygens (including phenoxy) is 1. The summed E-state index contributed by atoms with van der Waals surface area (Å²) in [6.07, 6.45) is 12.3. The summed E-state index contributed by atoms with van der Waals surface area (Å²) >= 11 is 0. The molecule has 0 spiro atoms. The van der Waals surface area contributed by atoms with Crippen LogP contribution in [0.3, 0.4) is 0 Å². The van der Waals surface area contributed by atoms with Crippen molar-refractivity contribution >= 4 is 11.5 Å². The highest BCUT2D eigenvalue weighted by Crippen LogP contribution is 2.77. The average molecular weight is 545 g/mol. The molecule has 1 aromatic carbocycles. The molecule has 5 aliphatic rings. The van der Waals surface area contributed by atoms with Crippen LogP contribution in [0.1, 0.15) is 105 Å². The molecule has 0 amide bonds. The van der Waals surface area contributed by atoms with E-state index in [0.717, 1.165) is 37.9 Å². The molecule has 0 radical (unpaired) electrons. The Hall–Kier alpha value is -2.03. The molecule has 0 aliphatic heterocycles. The van der Waals surface area contributed by atoms with Crippen LogP contribution in [-0.2, 0) is 4.79 Å². The summed E-state index contributed by atoms with van der Waals surface area (Å²) in [5, 5.41) is 10.6. The highest BCUT2D eigenvalue weighted by atomic mass is 16.5. The Labute approximate surface area is 242 Å². The smallest absolute Gasteiger partial charge is 0.309 e. The van der Waals surface area contributed by atoms with Crippen LogP contribution in [0.15, 0.2) is 42.5 Å². The van der Waals surface area contributed by atoms with Gasteiger partial charge in [-0.2, -0.15) is 0 Å². The van der Waals surface area contributed by atoms with E-state index in [-0.39, 0.29) is 27.6 Å². The second-order valence-corrected chi connectivity index (χ2v) is 15.9. The number of carboxylic acids is 1. The van der Waals surface area contributed by atoms with Crippen LogP contribution in [0, 0.1) is 56.7 Å². The van der Waals surface area contributed by atoms with Gasteiger partial charge in [-0.05, 0) is 128 Å². The van der Waals surface area contributed by atoms with Crippen LogP contribution < -0.4 is 4.74 Å². The minimum Gasteiger partial charge on any atom is -0.496 e. The molecule has 4 fully saturated rings. The van der Waals surface area contributed by atoms with Crippen LogP contribution in [0.2, 0.25) is 0 Å². The first-order chi connectivity index (χ1) is 18.8. The van der Waals surface area contributed by atoms with Crippen molar-refractivity contribution in [2.75, 3.05) is 7.11 Å². The third-order valence-corrected chi connectivity index (χ3v) is 14.5. The van der Waals surface area contributed by atoms with Crippen molar-refractivity contribution in [3.8, 4) is 5.75 Å². The van der Waals surface area contributed by atoms with E-state index < -0.39 is 11.4 Å². The summed E-state index contributed by atoms with van der Waals surface area (Å²) in [6, 6.07) is 8.55. The number of benzene rings is 1. The van der Waals surface area contributed by atoms with E-state index in [0.29, 0.717) is 23.7 Å². The number of para-hydroxylation sites is 1. The van der Waals surface area contributed by atoms with Crippen molar-refractivity contribution in [1.29, 1.82) is 0 Å². The Bertz CT molecular complexity index is 1260. The number of hydrogen-bond donors (Lipinski definition) is 1. The lowest BCUT2D eigenvalue weighted by molar-refractivity contribution is -0.227. The van der Waals surface area contributed by atoms with Gasteiger partial charge in [0.05, 0.1) is 12.5 Å². The number of hydrogen-bond acceptors (Lipinski definition) is 2. The maximum Gasteiger partial charge on any atom is 0.309 e. The fraction of sp³-hybridized carbons (Fsp3) is 0.703. The summed E-state index contributed by atoms with van der Waals surface area (Å²) in [5.41, 5.74) is 4.06. The summed E-state index contributed by atoms with van der Waals surface area (Å²) in [6.45, 7) is 19.4. The highest BCUT2D eigenvalue weighted by Gasteiger charge is 2.71. The maximum absolute atomic E-state index is 12.9. The summed E-state index contributed by atoms with van der Waals surface area (Å²) in [5.74, 6) is 2.77. The van der Waals surface area contributed by atoms with Gasteiger partial charge in [0.2, 0.25) is 0 Å². The lowest BCUT2D eigenvalue weighted by Crippen LogP contribution is -2.65. The van der Waals surface area contributed by atoms with Gasteiger partial charge in [0.1, 0.15) is 5.75 Å². The fourth-order valence-electron chi connectivity index (χ4n) is 12.4. The zero-order valence-corrected chi connectivity index (χ0v) is 26.1. The molecule has 3 heteroatoms. The van der Waals surface area contributed by atoms with E-state index in [2.05, 4.69) is 78.5 Å². The Morgan fingerprint density at radius 2 is 1.65 bits per heavy atom. The molecule has 5 aliphatic carbocycles. The van der Waals surface area contributed by atoms with Crippen LogP contribution in [0.25, 0.3) is 5.57 Å². The Balaban J connectivity index is 1.40. The SMILES string of the molecule is C=C(C)[C@@H]1CC[C@]2(C(=O)O)CC[C@]3(C)[C@H](CC[C@@H]4[C@@]5(C)CC=C(c6ccccc6OC)C(C)(C)[C@@H]5CC[C@]43C)[C@@H]12. The Morgan fingerprint density at radius 1 is 0.925 bits per heavy atom. The normalized spacial score (nSPS) is 45.3. The fourth-order valence-corrected chi connectivity index (χ4v) is 12.4. The predicted molar refractivity (Wildman–Crippen MR) is 163 cm³/mol. The molecule has 3 nitrogen and oxygen atoms in total. The third-order valence-electron chi connectivity index (χ3n) is 14.5. The molecular weight excluding hydrogens is 492 g/mol. The first-order valence-corrected chi connectivity index (χ1v) is 16.0. The van der Waals surface area contributed by atoms with Crippen LogP contribution in [0.4, 0.5) is 0 Å². The molecular formula is C37H52O3. The lowest BCUT2D eigenvalue weighted by atomic mass is 9.32. The molecule has 1 N–H and O–H groups in total. The molecule has 4 saturated carbocycles. The van der Waals surface area contributed by atoms with Gasteiger partial charge in [-0.1, -0.05) is 71.0 Å². The molecule has 0 aromatic heterocycles. The second kappa shape index (κ2) is 8.98. The zero-order valence-electron chi connectivity index (χ0n) is 26.1. The van der Waals surface area contributed by atoms with E-state index in [9.17, 15) is 9.90 Å². The summed E-state index contributed by atoms with van der Waals surface area (Å²) in [7, 11) is 1.79. The van der Waals surface area contributed by atoms with Gasteiger partial charge >= 0.3 is 5.97 Å². The molecule has 0 unspecified atom stereocenters. The van der Waals surface area contributed by atoms with Crippen molar-refractivity contribution in [1.82, 2.24) is 0 Å². The van der Waals surface area contributed by atoms with Gasteiger partial charge in [-0.15, -0.1) is 0 Å². The molecule has 0 heterocycles. The Morgan fingerprint density at radius 3 is 2.33 bits per heavy atom. The van der Waals surface area contributed by atoms with E-state index in [4.69, 9.17) is 4.74 Å². The zero-order chi connectivity index (χ0) is 28.9. The van der Waals surface area contributed by atoms with E-state index in [1.54, 1.807) is 7.11 Å². The van der Waals surface area contributed by atoms with Crippen molar-refractivity contribution in [3.05, 3.63) is 48.1 Å². The summed E-state index contributed by atoms with van der Waals surface area (Å²) < 4.78 is 5.82. The first-order valence-electron chi connectivity index (χ1n) is 16.0. The quantitative estimate of drug-likeness (QED) is 0.384. The molecule has 40 heavy (non-hydrogen) atoms. The first kappa shape index (κ1) is 28.1. The predicted octanol–water partition coefficient (Wildman–Crippen LogP) is 9.43. The van der Waals surface area contributed by atoms with Gasteiger partial charge in [0, 0.05) is 5.56 Å². The average Bonchev–Trinajstić information content (AvgIpc) is 3.30. The molecule has 218 valence electrons. The minimum atomic E-state index is -0.544. The number of carbonyl (C=O) groups is 1. The largest absolute Gasteiger partial charge is 0.496 e. The van der Waals surface area contributed by atoms with Gasteiger partial charge in [-0.3, -0.25) is 4.79 Å². The van der Waals surface area contributed by atoms with E-state index in [1.807, 2.05) is 0 Å². The van der Waals surface area contributed by atoms with Gasteiger partial charge in [0.15, 0.2) is 0 Å². The van der Waals surface area contributed by atoms with E-state index >= 15 is 0 Å². The summed E-state index contributed by atoms with van der Waals surface area (Å²) in [4.78, 5) is 12.9. The maximum atomic E-state index is 12.9. The number of methoxy groups -OCH3 is 1. The monoisotopic (exact) mass is 544 g/mol. The van der Waals surface area contributed by atoms with Gasteiger partial charge in [0.25, 0.3) is 0 Å².